The van der Waals surface area contributed by atoms with Crippen LogP contribution in [-0.4, -0.2) is 32.3 Å². The molecule has 0 radical (unpaired) electrons. The zero-order chi connectivity index (χ0) is 14.9. The Labute approximate surface area is 115 Å². The van der Waals surface area contributed by atoms with Gasteiger partial charge in [0, 0.05) is 27.7 Å². The van der Waals surface area contributed by atoms with Crippen LogP contribution in [0.25, 0.3) is 11.2 Å². The van der Waals surface area contributed by atoms with Crippen LogP contribution in [0.3, 0.4) is 0 Å². The van der Waals surface area contributed by atoms with Crippen LogP contribution < -0.4 is 17.0 Å². The summed E-state index contributed by atoms with van der Waals surface area (Å²) < 4.78 is 9.35. The van der Waals surface area contributed by atoms with Crippen LogP contribution >= 0.6 is 0 Å². The Kier molecular flexibility index (Phi) is 4.05. The van der Waals surface area contributed by atoms with E-state index in [0.717, 1.165) is 4.57 Å². The number of hydrogen-bond acceptors (Lipinski definition) is 5. The van der Waals surface area contributed by atoms with E-state index in [0.29, 0.717) is 36.5 Å². The number of nitrogens with two attached hydrogens (primary N) is 1. The number of imidazole rings is 1. The number of aromatic nitrogens is 4. The van der Waals surface area contributed by atoms with E-state index in [4.69, 9.17) is 10.5 Å². The maximum atomic E-state index is 12.3. The number of nitrogens with zero attached hydrogens (tertiary/aromatic N) is 4. The summed E-state index contributed by atoms with van der Waals surface area (Å²) in [6.07, 6.45) is 0.716. The average Bonchev–Trinajstić information content (AvgIpc) is 2.79. The Morgan fingerprint density at radius 3 is 2.55 bits per heavy atom. The van der Waals surface area contributed by atoms with E-state index in [9.17, 15) is 9.59 Å². The molecular weight excluding hydrogens is 262 g/mol. The van der Waals surface area contributed by atoms with Crippen LogP contribution in [0.2, 0.25) is 0 Å². The quantitative estimate of drug-likeness (QED) is 0.752. The summed E-state index contributed by atoms with van der Waals surface area (Å²) in [5.41, 5.74) is 5.58. The van der Waals surface area contributed by atoms with Crippen molar-refractivity contribution in [2.75, 3.05) is 13.7 Å². The number of methoxy groups -OCH3 is 1. The van der Waals surface area contributed by atoms with Gasteiger partial charge in [-0.05, 0) is 13.0 Å². The van der Waals surface area contributed by atoms with Crippen molar-refractivity contribution in [2.45, 2.75) is 19.6 Å². The van der Waals surface area contributed by atoms with E-state index in [2.05, 4.69) is 4.98 Å². The van der Waals surface area contributed by atoms with Gasteiger partial charge < -0.3 is 15.0 Å². The minimum absolute atomic E-state index is 0.274. The van der Waals surface area contributed by atoms with Gasteiger partial charge in [0.05, 0.1) is 0 Å². The predicted molar refractivity (Wildman–Crippen MR) is 74.6 cm³/mol. The molecule has 0 bridgehead atoms. The third-order valence-electron chi connectivity index (χ3n) is 3.29. The first-order valence-corrected chi connectivity index (χ1v) is 6.37. The lowest BCUT2D eigenvalue weighted by molar-refractivity contribution is 0.174. The van der Waals surface area contributed by atoms with Crippen LogP contribution in [0.4, 0.5) is 0 Å². The molecule has 0 saturated carbocycles. The lowest BCUT2D eigenvalue weighted by atomic mass is 10.4. The molecular formula is C12H19N5O3. The summed E-state index contributed by atoms with van der Waals surface area (Å²) in [5, 5.41) is 0. The number of hydrogen-bond donors (Lipinski definition) is 1. The van der Waals surface area contributed by atoms with Crippen LogP contribution in [0.15, 0.2) is 9.59 Å². The van der Waals surface area contributed by atoms with Gasteiger partial charge in [-0.2, -0.15) is 0 Å². The minimum atomic E-state index is -0.394. The summed E-state index contributed by atoms with van der Waals surface area (Å²) >= 11 is 0. The largest absolute Gasteiger partial charge is 0.377 e. The number of aryl methyl sites for hydroxylation is 2. The first kappa shape index (κ1) is 14.5. The van der Waals surface area contributed by atoms with E-state index >= 15 is 0 Å². The fraction of sp³-hybridized carbons (Fsp3) is 0.583. The smallest absolute Gasteiger partial charge is 0.332 e. The molecule has 0 fully saturated rings. The second kappa shape index (κ2) is 5.59. The van der Waals surface area contributed by atoms with Gasteiger partial charge >= 0.3 is 5.69 Å². The van der Waals surface area contributed by atoms with Crippen molar-refractivity contribution in [3.05, 3.63) is 26.7 Å². The maximum Gasteiger partial charge on any atom is 0.332 e. The van der Waals surface area contributed by atoms with E-state index in [1.807, 2.05) is 0 Å². The van der Waals surface area contributed by atoms with Gasteiger partial charge in [-0.15, -0.1) is 0 Å². The third kappa shape index (κ3) is 2.16. The molecule has 2 rings (SSSR count). The predicted octanol–water partition coefficient (Wildman–Crippen LogP) is -1.07. The van der Waals surface area contributed by atoms with Crippen molar-refractivity contribution in [2.24, 2.45) is 19.8 Å². The molecule has 8 heteroatoms. The third-order valence-corrected chi connectivity index (χ3v) is 3.29. The molecule has 0 aliphatic rings. The van der Waals surface area contributed by atoms with E-state index in [-0.39, 0.29) is 12.2 Å². The summed E-state index contributed by atoms with van der Waals surface area (Å²) in [6.45, 7) is 1.36. The lowest BCUT2D eigenvalue weighted by Crippen LogP contribution is -2.37. The summed E-state index contributed by atoms with van der Waals surface area (Å²) in [4.78, 5) is 28.6. The Morgan fingerprint density at radius 2 is 1.95 bits per heavy atom. The maximum absolute atomic E-state index is 12.3. The van der Waals surface area contributed by atoms with Crippen LogP contribution in [0, 0.1) is 0 Å². The first-order valence-electron chi connectivity index (χ1n) is 6.37. The summed E-state index contributed by atoms with van der Waals surface area (Å²) in [6, 6.07) is 0. The molecule has 0 atom stereocenters. The Bertz CT molecular complexity index is 740. The highest BCUT2D eigenvalue weighted by Gasteiger charge is 2.18. The second-order valence-corrected chi connectivity index (χ2v) is 4.63. The Hall–Kier alpha value is -1.93. The van der Waals surface area contributed by atoms with Gasteiger partial charge in [0.25, 0.3) is 5.56 Å². The highest BCUT2D eigenvalue weighted by Crippen LogP contribution is 2.12. The Balaban J connectivity index is 2.82. The fourth-order valence-corrected chi connectivity index (χ4v) is 2.22. The van der Waals surface area contributed by atoms with E-state index < -0.39 is 5.69 Å². The molecule has 2 N–H and O–H groups in total. The lowest BCUT2D eigenvalue weighted by Gasteiger charge is -2.08. The normalized spacial score (nSPS) is 11.4. The zero-order valence-electron chi connectivity index (χ0n) is 11.9. The van der Waals surface area contributed by atoms with Crippen molar-refractivity contribution < 1.29 is 4.74 Å². The zero-order valence-corrected chi connectivity index (χ0v) is 11.9. The number of fused-ring (bicyclic) bond motifs is 1. The standard InChI is InChI=1S/C12H19N5O3/c1-15-10-9(11(18)16(2)12(15)19)17(6-4-5-13)8(14-10)7-20-3/h4-7,13H2,1-3H3. The molecule has 0 unspecified atom stereocenters. The number of rotatable bonds is 5. The van der Waals surface area contributed by atoms with Crippen LogP contribution in [0.5, 0.6) is 0 Å². The van der Waals surface area contributed by atoms with Crippen molar-refractivity contribution >= 4 is 11.2 Å². The van der Waals surface area contributed by atoms with Gasteiger partial charge in [-0.1, -0.05) is 0 Å². The molecule has 0 saturated heterocycles. The minimum Gasteiger partial charge on any atom is -0.377 e. The van der Waals surface area contributed by atoms with Gasteiger partial charge in [0.1, 0.15) is 12.4 Å². The highest BCUT2D eigenvalue weighted by molar-refractivity contribution is 5.71. The van der Waals surface area contributed by atoms with Crippen molar-refractivity contribution in [1.29, 1.82) is 0 Å². The molecule has 0 amide bonds. The van der Waals surface area contributed by atoms with Gasteiger partial charge in [0.15, 0.2) is 11.2 Å². The second-order valence-electron chi connectivity index (χ2n) is 4.63. The van der Waals surface area contributed by atoms with E-state index in [1.165, 1.54) is 11.6 Å². The van der Waals surface area contributed by atoms with E-state index in [1.54, 1.807) is 18.7 Å². The molecule has 20 heavy (non-hydrogen) atoms. The molecule has 110 valence electrons. The SMILES string of the molecule is COCc1nc2c(c(=O)n(C)c(=O)n2C)n1CCCN. The van der Waals surface area contributed by atoms with Crippen molar-refractivity contribution in [1.82, 2.24) is 18.7 Å². The van der Waals surface area contributed by atoms with Crippen LogP contribution in [0.1, 0.15) is 12.2 Å². The fourth-order valence-electron chi connectivity index (χ4n) is 2.22. The monoisotopic (exact) mass is 281 g/mol. The molecule has 2 heterocycles. The van der Waals surface area contributed by atoms with Crippen molar-refractivity contribution in [3.8, 4) is 0 Å². The summed E-state index contributed by atoms with van der Waals surface area (Å²) in [5.74, 6) is 0.620. The molecule has 2 aromatic rings. The average molecular weight is 281 g/mol. The topological polar surface area (TPSA) is 97.1 Å². The molecule has 2 aromatic heterocycles. The van der Waals surface area contributed by atoms with Gasteiger partial charge in [-0.25, -0.2) is 9.78 Å². The summed E-state index contributed by atoms with van der Waals surface area (Å²) in [7, 11) is 4.62. The van der Waals surface area contributed by atoms with Crippen molar-refractivity contribution in [3.63, 3.8) is 0 Å². The van der Waals surface area contributed by atoms with Crippen LogP contribution in [-0.2, 0) is 32.0 Å². The molecule has 0 aromatic carbocycles. The molecule has 0 aliphatic heterocycles. The highest BCUT2D eigenvalue weighted by atomic mass is 16.5. The molecule has 0 aliphatic carbocycles. The molecule has 8 nitrogen and oxygen atoms in total. The van der Waals surface area contributed by atoms with Gasteiger partial charge in [0.2, 0.25) is 0 Å². The molecule has 0 spiro atoms. The number of ether oxygens (including phenoxy) is 1. The Morgan fingerprint density at radius 1 is 1.25 bits per heavy atom. The first-order chi connectivity index (χ1) is 9.52. The van der Waals surface area contributed by atoms with Gasteiger partial charge in [-0.3, -0.25) is 13.9 Å².